The molecule has 0 saturated heterocycles. The van der Waals surface area contributed by atoms with Gasteiger partial charge in [-0.1, -0.05) is 34.1 Å². The summed E-state index contributed by atoms with van der Waals surface area (Å²) < 4.78 is 27.9. The van der Waals surface area contributed by atoms with Crippen LogP contribution in [0.1, 0.15) is 85.5 Å². The molecular formula is C30H53FO4Si. The Balaban J connectivity index is 1.70. The van der Waals surface area contributed by atoms with Crippen LogP contribution in [0.2, 0.25) is 19.6 Å². The average Bonchev–Trinajstić information content (AvgIpc) is 3.17. The summed E-state index contributed by atoms with van der Waals surface area (Å²) in [5.41, 5.74) is 0.168. The molecule has 36 heavy (non-hydrogen) atoms. The van der Waals surface area contributed by atoms with Crippen LogP contribution in [0, 0.1) is 52.3 Å². The Morgan fingerprint density at radius 2 is 1.72 bits per heavy atom. The topological polar surface area (TPSA) is 55.8 Å². The maximum absolute atomic E-state index is 15.9. The van der Waals surface area contributed by atoms with Gasteiger partial charge in [-0.2, -0.15) is 0 Å². The van der Waals surface area contributed by atoms with E-state index in [1.165, 1.54) is 26.4 Å². The number of fused-ring (bicyclic) bond motifs is 5. The molecule has 4 aliphatic rings. The number of hydrogen-bond acceptors (Lipinski definition) is 4. The number of aliphatic hydroxyl groups is 1. The minimum Gasteiger partial charge on any atom is -0.469 e. The van der Waals surface area contributed by atoms with E-state index in [-0.39, 0.29) is 34.7 Å². The van der Waals surface area contributed by atoms with Crippen LogP contribution in [0.4, 0.5) is 4.39 Å². The van der Waals surface area contributed by atoms with Gasteiger partial charge in [0.15, 0.2) is 8.32 Å². The van der Waals surface area contributed by atoms with E-state index in [0.717, 1.165) is 25.7 Å². The van der Waals surface area contributed by atoms with Crippen LogP contribution in [-0.4, -0.2) is 44.9 Å². The first kappa shape index (κ1) is 28.5. The highest BCUT2D eigenvalue weighted by molar-refractivity contribution is 6.69. The smallest absolute Gasteiger partial charge is 0.305 e. The highest BCUT2D eigenvalue weighted by Gasteiger charge is 2.67. The first-order valence-electron chi connectivity index (χ1n) is 14.8. The second kappa shape index (κ2) is 10.3. The Labute approximate surface area is 220 Å². The van der Waals surface area contributed by atoms with E-state index in [4.69, 9.17) is 9.16 Å². The second-order valence-electron chi connectivity index (χ2n) is 14.5. The summed E-state index contributed by atoms with van der Waals surface area (Å²) in [5, 5.41) is 10.6. The van der Waals surface area contributed by atoms with Gasteiger partial charge in [-0.05, 0) is 111 Å². The van der Waals surface area contributed by atoms with Gasteiger partial charge in [0.1, 0.15) is 6.17 Å². The third-order valence-electron chi connectivity index (χ3n) is 11.6. The number of aliphatic hydroxyl groups excluding tert-OH is 1. The molecule has 4 saturated carbocycles. The largest absolute Gasteiger partial charge is 0.469 e. The molecule has 4 rings (SSSR count). The highest BCUT2D eigenvalue weighted by Crippen LogP contribution is 2.70. The van der Waals surface area contributed by atoms with Crippen molar-refractivity contribution in [2.24, 2.45) is 52.3 Å². The molecule has 4 fully saturated rings. The van der Waals surface area contributed by atoms with Crippen LogP contribution in [-0.2, 0) is 14.0 Å². The van der Waals surface area contributed by atoms with Gasteiger partial charge in [-0.25, -0.2) is 4.39 Å². The molecular weight excluding hydrogens is 471 g/mol. The van der Waals surface area contributed by atoms with Gasteiger partial charge < -0.3 is 14.3 Å². The molecule has 0 aliphatic heterocycles. The summed E-state index contributed by atoms with van der Waals surface area (Å²) in [5.74, 6) is 2.53. The zero-order valence-electron chi connectivity index (χ0n) is 24.2. The molecule has 0 unspecified atom stereocenters. The standard InChI is InChI=1S/C30H53FO4Si/c1-9-19-26-27(31)23(32)15-17-30(26,4)22-14-16-29(3)20(18(2)10-13-24(33)34-5)11-12-21(29)25(22)28(19)35-36(6,7)8/h18-23,25-28,32H,9-17H2,1-8H3/t18-,19-,20-,21+,22+,23-,25+,26-,27+,28-,29-,30-/m1/s1. The van der Waals surface area contributed by atoms with Crippen molar-refractivity contribution in [2.45, 2.75) is 124 Å². The predicted octanol–water partition coefficient (Wildman–Crippen LogP) is 7.01. The van der Waals surface area contributed by atoms with Crippen LogP contribution in [0.15, 0.2) is 0 Å². The molecule has 0 aromatic carbocycles. The molecule has 0 radical (unpaired) electrons. The van der Waals surface area contributed by atoms with Crippen LogP contribution in [0.25, 0.3) is 0 Å². The lowest BCUT2D eigenvalue weighted by atomic mass is 9.41. The summed E-state index contributed by atoms with van der Waals surface area (Å²) in [6, 6.07) is 0. The summed E-state index contributed by atoms with van der Waals surface area (Å²) in [7, 11) is -0.393. The van der Waals surface area contributed by atoms with Gasteiger partial charge in [-0.3, -0.25) is 4.79 Å². The lowest BCUT2D eigenvalue weighted by Gasteiger charge is -2.66. The number of carbonyl (C=O) groups excluding carboxylic acids is 1. The van der Waals surface area contributed by atoms with Gasteiger partial charge in [0, 0.05) is 12.3 Å². The summed E-state index contributed by atoms with van der Waals surface area (Å²) in [6.45, 7) is 16.3. The molecule has 0 bridgehead atoms. The molecule has 4 nitrogen and oxygen atoms in total. The number of halogens is 1. The van der Waals surface area contributed by atoms with Gasteiger partial charge in [0.25, 0.3) is 0 Å². The zero-order chi connectivity index (χ0) is 26.6. The highest BCUT2D eigenvalue weighted by atomic mass is 28.4. The second-order valence-corrected chi connectivity index (χ2v) is 18.9. The molecule has 0 heterocycles. The molecule has 6 heteroatoms. The average molecular weight is 525 g/mol. The van der Waals surface area contributed by atoms with Crippen LogP contribution >= 0.6 is 0 Å². The third kappa shape index (κ3) is 4.74. The molecule has 1 N–H and O–H groups in total. The minimum absolute atomic E-state index is 0.0702. The van der Waals surface area contributed by atoms with Crippen molar-refractivity contribution in [3.05, 3.63) is 0 Å². The van der Waals surface area contributed by atoms with Gasteiger partial charge in [0.2, 0.25) is 0 Å². The molecule has 0 aromatic heterocycles. The van der Waals surface area contributed by atoms with E-state index in [9.17, 15) is 9.90 Å². The Morgan fingerprint density at radius 1 is 1.08 bits per heavy atom. The third-order valence-corrected chi connectivity index (χ3v) is 12.6. The summed E-state index contributed by atoms with van der Waals surface area (Å²) in [4.78, 5) is 11.9. The van der Waals surface area contributed by atoms with Crippen LogP contribution in [0.5, 0.6) is 0 Å². The Bertz CT molecular complexity index is 800. The number of alkyl halides is 1. The SMILES string of the molecule is CC[C@H]1[C@@H](O[Si](C)(C)C)[C@@H]2[C@H](CC[C@]3(C)[C@@H]([C@H](C)CCC(=O)OC)CC[C@@H]23)[C@@]2(C)CC[C@@H](O)[C@H](F)[C@@H]12. The number of ether oxygens (including phenoxy) is 1. The molecule has 208 valence electrons. The van der Waals surface area contributed by atoms with Gasteiger partial charge in [0.05, 0.1) is 19.3 Å². The number of hydrogen-bond donors (Lipinski definition) is 1. The lowest BCUT2D eigenvalue weighted by molar-refractivity contribution is -0.218. The van der Waals surface area contributed by atoms with Gasteiger partial charge >= 0.3 is 5.97 Å². The summed E-state index contributed by atoms with van der Waals surface area (Å²) >= 11 is 0. The van der Waals surface area contributed by atoms with Crippen molar-refractivity contribution in [1.29, 1.82) is 0 Å². The fourth-order valence-electron chi connectivity index (χ4n) is 10.1. The quantitative estimate of drug-likeness (QED) is 0.287. The molecule has 0 amide bonds. The van der Waals surface area contributed by atoms with E-state index in [2.05, 4.69) is 47.3 Å². The van der Waals surface area contributed by atoms with Gasteiger partial charge in [-0.15, -0.1) is 0 Å². The number of carbonyl (C=O) groups is 1. The summed E-state index contributed by atoms with van der Waals surface area (Å²) in [6.07, 6.45) is 6.68. The van der Waals surface area contributed by atoms with Crippen molar-refractivity contribution in [3.8, 4) is 0 Å². The van der Waals surface area contributed by atoms with E-state index in [1.54, 1.807) is 0 Å². The maximum Gasteiger partial charge on any atom is 0.305 e. The molecule has 12 atom stereocenters. The van der Waals surface area contributed by atoms with Crippen LogP contribution < -0.4 is 0 Å². The van der Waals surface area contributed by atoms with E-state index < -0.39 is 20.6 Å². The van der Waals surface area contributed by atoms with E-state index >= 15 is 4.39 Å². The van der Waals surface area contributed by atoms with E-state index in [1.807, 2.05) is 0 Å². The fourth-order valence-corrected chi connectivity index (χ4v) is 11.3. The van der Waals surface area contributed by atoms with Crippen molar-refractivity contribution in [1.82, 2.24) is 0 Å². The van der Waals surface area contributed by atoms with Crippen LogP contribution in [0.3, 0.4) is 0 Å². The lowest BCUT2D eigenvalue weighted by Crippen LogP contribution is -2.66. The Morgan fingerprint density at radius 3 is 2.33 bits per heavy atom. The van der Waals surface area contributed by atoms with Crippen molar-refractivity contribution in [2.75, 3.05) is 7.11 Å². The number of esters is 1. The van der Waals surface area contributed by atoms with Crippen molar-refractivity contribution >= 4 is 14.3 Å². The Kier molecular flexibility index (Phi) is 8.13. The maximum atomic E-state index is 15.9. The Hall–Kier alpha value is -0.463. The zero-order valence-corrected chi connectivity index (χ0v) is 25.2. The molecule has 0 aromatic rings. The fraction of sp³-hybridized carbons (Fsp3) is 0.967. The van der Waals surface area contributed by atoms with Crippen molar-refractivity contribution < 1.29 is 23.5 Å². The normalized spacial score (nSPS) is 47.4. The molecule has 0 spiro atoms. The predicted molar refractivity (Wildman–Crippen MR) is 145 cm³/mol. The number of rotatable bonds is 7. The van der Waals surface area contributed by atoms with Crippen molar-refractivity contribution in [3.63, 3.8) is 0 Å². The first-order chi connectivity index (χ1) is 16.8. The monoisotopic (exact) mass is 524 g/mol. The number of methoxy groups -OCH3 is 1. The minimum atomic E-state index is -1.87. The first-order valence-corrected chi connectivity index (χ1v) is 18.3. The molecule has 4 aliphatic carbocycles. The van der Waals surface area contributed by atoms with E-state index in [0.29, 0.717) is 42.4 Å².